The lowest BCUT2D eigenvalue weighted by Crippen LogP contribution is -2.38. The Morgan fingerprint density at radius 3 is 2.29 bits per heavy atom. The van der Waals surface area contributed by atoms with E-state index in [1.54, 1.807) is 66.7 Å². The Bertz CT molecular complexity index is 1130. The van der Waals surface area contributed by atoms with E-state index < -0.39 is 15.9 Å². The Balaban J connectivity index is 1.84. The van der Waals surface area contributed by atoms with Crippen molar-refractivity contribution in [1.82, 2.24) is 0 Å². The first-order valence-corrected chi connectivity index (χ1v) is 11.9. The van der Waals surface area contributed by atoms with E-state index in [1.165, 1.54) is 12.1 Å². The van der Waals surface area contributed by atoms with Crippen LogP contribution in [0.1, 0.15) is 13.8 Å². The van der Waals surface area contributed by atoms with Gasteiger partial charge in [-0.3, -0.25) is 9.10 Å². The number of hydrogen-bond donors (Lipinski definition) is 1. The lowest BCUT2D eigenvalue weighted by molar-refractivity contribution is -0.114. The number of rotatable bonds is 8. The van der Waals surface area contributed by atoms with E-state index in [1.807, 2.05) is 13.8 Å². The number of nitrogens with zero attached hydrogens (tertiary/aromatic N) is 1. The SMILES string of the molecule is CC(C)Oc1ccc(NC(=O)CN(c2cccc(Br)c2)S(=O)(=O)c2ccccc2)cc1. The average Bonchev–Trinajstić information content (AvgIpc) is 2.73. The van der Waals surface area contributed by atoms with Gasteiger partial charge in [0.05, 0.1) is 16.7 Å². The van der Waals surface area contributed by atoms with Crippen LogP contribution >= 0.6 is 15.9 Å². The van der Waals surface area contributed by atoms with Crippen molar-refractivity contribution in [3.05, 3.63) is 83.3 Å². The molecule has 0 saturated carbocycles. The first-order valence-electron chi connectivity index (χ1n) is 9.65. The van der Waals surface area contributed by atoms with Crippen LogP contribution in [0.25, 0.3) is 0 Å². The van der Waals surface area contributed by atoms with Gasteiger partial charge < -0.3 is 10.1 Å². The molecule has 0 radical (unpaired) electrons. The van der Waals surface area contributed by atoms with E-state index in [9.17, 15) is 13.2 Å². The molecule has 1 amide bonds. The van der Waals surface area contributed by atoms with Crippen molar-refractivity contribution in [2.45, 2.75) is 24.8 Å². The van der Waals surface area contributed by atoms with Crippen molar-refractivity contribution in [1.29, 1.82) is 0 Å². The van der Waals surface area contributed by atoms with Gasteiger partial charge in [-0.05, 0) is 68.4 Å². The molecule has 8 heteroatoms. The topological polar surface area (TPSA) is 75.7 Å². The van der Waals surface area contributed by atoms with Crippen LogP contribution in [0.2, 0.25) is 0 Å². The monoisotopic (exact) mass is 502 g/mol. The van der Waals surface area contributed by atoms with Gasteiger partial charge in [0.2, 0.25) is 5.91 Å². The molecule has 0 saturated heterocycles. The van der Waals surface area contributed by atoms with E-state index in [4.69, 9.17) is 4.74 Å². The molecule has 0 spiro atoms. The van der Waals surface area contributed by atoms with Crippen LogP contribution in [-0.4, -0.2) is 27.0 Å². The minimum atomic E-state index is -3.95. The summed E-state index contributed by atoms with van der Waals surface area (Å²) in [6, 6.07) is 21.8. The van der Waals surface area contributed by atoms with Gasteiger partial charge in [0.1, 0.15) is 12.3 Å². The quantitative estimate of drug-likeness (QED) is 0.466. The second-order valence-corrected chi connectivity index (χ2v) is 9.82. The van der Waals surface area contributed by atoms with Gasteiger partial charge in [-0.2, -0.15) is 0 Å². The summed E-state index contributed by atoms with van der Waals surface area (Å²) in [6.45, 7) is 3.48. The predicted molar refractivity (Wildman–Crippen MR) is 126 cm³/mol. The molecule has 0 bridgehead atoms. The predicted octanol–water partition coefficient (Wildman–Crippen LogP) is 5.07. The molecular weight excluding hydrogens is 480 g/mol. The van der Waals surface area contributed by atoms with Crippen LogP contribution in [0.15, 0.2) is 88.2 Å². The number of nitrogens with one attached hydrogen (secondary N) is 1. The average molecular weight is 503 g/mol. The van der Waals surface area contributed by atoms with Crippen molar-refractivity contribution < 1.29 is 17.9 Å². The van der Waals surface area contributed by atoms with Crippen LogP contribution in [0.5, 0.6) is 5.75 Å². The third-order valence-electron chi connectivity index (χ3n) is 4.22. The minimum Gasteiger partial charge on any atom is -0.491 e. The molecule has 0 aromatic heterocycles. The fourth-order valence-electron chi connectivity index (χ4n) is 2.89. The zero-order chi connectivity index (χ0) is 22.4. The summed E-state index contributed by atoms with van der Waals surface area (Å²) in [4.78, 5) is 12.9. The van der Waals surface area contributed by atoms with Gasteiger partial charge in [0.15, 0.2) is 0 Å². The number of amides is 1. The number of halogens is 1. The summed E-state index contributed by atoms with van der Waals surface area (Å²) in [7, 11) is -3.95. The number of sulfonamides is 1. The van der Waals surface area contributed by atoms with E-state index >= 15 is 0 Å². The molecule has 0 fully saturated rings. The summed E-state index contributed by atoms with van der Waals surface area (Å²) >= 11 is 3.36. The van der Waals surface area contributed by atoms with E-state index in [-0.39, 0.29) is 17.5 Å². The van der Waals surface area contributed by atoms with Gasteiger partial charge in [-0.15, -0.1) is 0 Å². The highest BCUT2D eigenvalue weighted by molar-refractivity contribution is 9.10. The molecular formula is C23H23BrN2O4S. The third-order valence-corrected chi connectivity index (χ3v) is 6.51. The second kappa shape index (κ2) is 9.98. The lowest BCUT2D eigenvalue weighted by Gasteiger charge is -2.24. The highest BCUT2D eigenvalue weighted by atomic mass is 79.9. The third kappa shape index (κ3) is 6.08. The molecule has 0 atom stereocenters. The minimum absolute atomic E-state index is 0.0439. The largest absolute Gasteiger partial charge is 0.491 e. The number of ether oxygens (including phenoxy) is 1. The number of hydrogen-bond acceptors (Lipinski definition) is 4. The number of anilines is 2. The summed E-state index contributed by atoms with van der Waals surface area (Å²) < 4.78 is 34.0. The van der Waals surface area contributed by atoms with Crippen molar-refractivity contribution in [3.8, 4) is 5.75 Å². The Hall–Kier alpha value is -2.84. The molecule has 0 unspecified atom stereocenters. The van der Waals surface area contributed by atoms with Crippen molar-refractivity contribution in [3.63, 3.8) is 0 Å². The van der Waals surface area contributed by atoms with Crippen molar-refractivity contribution >= 4 is 43.2 Å². The molecule has 1 N–H and O–H groups in total. The number of carbonyl (C=O) groups is 1. The summed E-state index contributed by atoms with van der Waals surface area (Å²) in [5.74, 6) is 0.229. The van der Waals surface area contributed by atoms with Crippen LogP contribution < -0.4 is 14.4 Å². The highest BCUT2D eigenvalue weighted by Gasteiger charge is 2.27. The van der Waals surface area contributed by atoms with E-state index in [0.717, 1.165) is 4.31 Å². The molecule has 3 aromatic rings. The second-order valence-electron chi connectivity index (χ2n) is 7.04. The zero-order valence-corrected chi connectivity index (χ0v) is 19.6. The molecule has 3 aromatic carbocycles. The van der Waals surface area contributed by atoms with Gasteiger partial charge in [-0.25, -0.2) is 8.42 Å². The van der Waals surface area contributed by atoms with Gasteiger partial charge in [0, 0.05) is 10.2 Å². The van der Waals surface area contributed by atoms with Crippen molar-refractivity contribution in [2.75, 3.05) is 16.2 Å². The highest BCUT2D eigenvalue weighted by Crippen LogP contribution is 2.26. The summed E-state index contributed by atoms with van der Waals surface area (Å²) in [5, 5.41) is 2.75. The summed E-state index contributed by atoms with van der Waals surface area (Å²) in [5.41, 5.74) is 0.932. The standard InChI is InChI=1S/C23H23BrN2O4S/c1-17(2)30-21-13-11-19(12-14-21)25-23(27)16-26(20-8-6-7-18(24)15-20)31(28,29)22-9-4-3-5-10-22/h3-15,17H,16H2,1-2H3,(H,25,27). The van der Waals surface area contributed by atoms with Crippen LogP contribution in [-0.2, 0) is 14.8 Å². The fraction of sp³-hybridized carbons (Fsp3) is 0.174. The maximum atomic E-state index is 13.3. The fourth-order valence-corrected chi connectivity index (χ4v) is 4.71. The van der Waals surface area contributed by atoms with Crippen molar-refractivity contribution in [2.24, 2.45) is 0 Å². The van der Waals surface area contributed by atoms with Gasteiger partial charge in [-0.1, -0.05) is 40.2 Å². The molecule has 0 aliphatic heterocycles. The molecule has 0 heterocycles. The van der Waals surface area contributed by atoms with Crippen LogP contribution in [0.3, 0.4) is 0 Å². The number of benzene rings is 3. The van der Waals surface area contributed by atoms with E-state index in [0.29, 0.717) is 21.6 Å². The zero-order valence-electron chi connectivity index (χ0n) is 17.2. The molecule has 6 nitrogen and oxygen atoms in total. The van der Waals surface area contributed by atoms with Gasteiger partial charge in [0.25, 0.3) is 10.0 Å². The van der Waals surface area contributed by atoms with Crippen LogP contribution in [0, 0.1) is 0 Å². The van der Waals surface area contributed by atoms with Crippen LogP contribution in [0.4, 0.5) is 11.4 Å². The molecule has 0 aliphatic rings. The number of carbonyl (C=O) groups excluding carboxylic acids is 1. The Morgan fingerprint density at radius 1 is 1.00 bits per heavy atom. The Labute approximate surface area is 191 Å². The molecule has 0 aliphatic carbocycles. The van der Waals surface area contributed by atoms with Gasteiger partial charge >= 0.3 is 0 Å². The normalized spacial score (nSPS) is 11.2. The van der Waals surface area contributed by atoms with E-state index in [2.05, 4.69) is 21.2 Å². The summed E-state index contributed by atoms with van der Waals surface area (Å²) in [6.07, 6.45) is 0.0439. The molecule has 162 valence electrons. The first kappa shape index (κ1) is 22.8. The molecule has 3 rings (SSSR count). The Morgan fingerprint density at radius 2 is 1.68 bits per heavy atom. The lowest BCUT2D eigenvalue weighted by atomic mass is 10.3. The maximum absolute atomic E-state index is 13.3. The maximum Gasteiger partial charge on any atom is 0.264 e. The molecule has 31 heavy (non-hydrogen) atoms. The first-order chi connectivity index (χ1) is 14.8. The smallest absolute Gasteiger partial charge is 0.264 e. The Kier molecular flexibility index (Phi) is 7.35.